The largest absolute Gasteiger partial charge is 0.328 e. The normalized spacial score (nSPS) is 13.4. The van der Waals surface area contributed by atoms with Crippen LogP contribution < -0.4 is 0 Å². The van der Waals surface area contributed by atoms with Gasteiger partial charge in [-0.1, -0.05) is 53.7 Å². The zero-order valence-electron chi connectivity index (χ0n) is 12.6. The molecule has 4 rings (SSSR count). The SMILES string of the molecule is O=C1c2ccccc2CN1Cc1cn(Cc2ccccc2)nn1. The molecular weight excluding hydrogens is 288 g/mol. The highest BCUT2D eigenvalue weighted by atomic mass is 16.2. The fraction of sp³-hybridized carbons (Fsp3) is 0.167. The molecule has 1 aliphatic heterocycles. The van der Waals surface area contributed by atoms with E-state index in [1.165, 1.54) is 5.56 Å². The van der Waals surface area contributed by atoms with Crippen LogP contribution in [0.5, 0.6) is 0 Å². The molecule has 0 N–H and O–H groups in total. The molecule has 1 amide bonds. The van der Waals surface area contributed by atoms with Gasteiger partial charge in [-0.3, -0.25) is 4.79 Å². The molecule has 2 aromatic carbocycles. The highest BCUT2D eigenvalue weighted by Gasteiger charge is 2.27. The lowest BCUT2D eigenvalue weighted by Crippen LogP contribution is -2.23. The van der Waals surface area contributed by atoms with Crippen molar-refractivity contribution in [2.24, 2.45) is 0 Å². The highest BCUT2D eigenvalue weighted by molar-refractivity contribution is 5.98. The smallest absolute Gasteiger partial charge is 0.254 e. The zero-order valence-corrected chi connectivity index (χ0v) is 12.6. The van der Waals surface area contributed by atoms with E-state index in [0.29, 0.717) is 19.6 Å². The van der Waals surface area contributed by atoms with Crippen LogP contribution in [-0.2, 0) is 19.6 Å². The Labute approximate surface area is 134 Å². The Morgan fingerprint density at radius 1 is 0.957 bits per heavy atom. The van der Waals surface area contributed by atoms with Crippen LogP contribution in [0, 0.1) is 0 Å². The summed E-state index contributed by atoms with van der Waals surface area (Å²) in [5.74, 6) is 0.0678. The molecule has 5 nitrogen and oxygen atoms in total. The van der Waals surface area contributed by atoms with E-state index in [1.54, 1.807) is 4.68 Å². The fourth-order valence-electron chi connectivity index (χ4n) is 2.90. The van der Waals surface area contributed by atoms with Gasteiger partial charge in [0.2, 0.25) is 0 Å². The Kier molecular flexibility index (Phi) is 3.38. The number of rotatable bonds is 4. The molecule has 1 aliphatic rings. The summed E-state index contributed by atoms with van der Waals surface area (Å²) in [5.41, 5.74) is 3.86. The van der Waals surface area contributed by atoms with E-state index in [1.807, 2.05) is 53.6 Å². The number of fused-ring (bicyclic) bond motifs is 1. The van der Waals surface area contributed by atoms with Crippen LogP contribution in [0.3, 0.4) is 0 Å². The van der Waals surface area contributed by atoms with E-state index >= 15 is 0 Å². The molecule has 0 bridgehead atoms. The molecule has 0 saturated carbocycles. The van der Waals surface area contributed by atoms with Crippen molar-refractivity contribution >= 4 is 5.91 Å². The van der Waals surface area contributed by atoms with Crippen molar-refractivity contribution in [3.63, 3.8) is 0 Å². The minimum atomic E-state index is 0.0678. The third kappa shape index (κ3) is 2.73. The Morgan fingerprint density at radius 3 is 2.57 bits per heavy atom. The van der Waals surface area contributed by atoms with E-state index in [2.05, 4.69) is 22.4 Å². The standard InChI is InChI=1S/C18H16N4O/c23-18-17-9-5-4-8-15(17)11-21(18)12-16-13-22(20-19-16)10-14-6-2-1-3-7-14/h1-9,13H,10-12H2. The first-order valence-electron chi connectivity index (χ1n) is 7.60. The maximum Gasteiger partial charge on any atom is 0.254 e. The minimum Gasteiger partial charge on any atom is -0.328 e. The third-order valence-electron chi connectivity index (χ3n) is 4.02. The van der Waals surface area contributed by atoms with Crippen molar-refractivity contribution < 1.29 is 4.79 Å². The average molecular weight is 304 g/mol. The number of hydrogen-bond donors (Lipinski definition) is 0. The van der Waals surface area contributed by atoms with Crippen molar-refractivity contribution in [2.75, 3.05) is 0 Å². The summed E-state index contributed by atoms with van der Waals surface area (Å²) in [6, 6.07) is 17.9. The molecule has 0 aliphatic carbocycles. The second kappa shape index (κ2) is 5.68. The molecular formula is C18H16N4O. The van der Waals surface area contributed by atoms with Gasteiger partial charge in [0.25, 0.3) is 5.91 Å². The number of amides is 1. The molecule has 0 atom stereocenters. The first kappa shape index (κ1) is 13.7. The Morgan fingerprint density at radius 2 is 1.74 bits per heavy atom. The van der Waals surface area contributed by atoms with Crippen LogP contribution >= 0.6 is 0 Å². The molecule has 0 saturated heterocycles. The van der Waals surface area contributed by atoms with E-state index in [9.17, 15) is 4.79 Å². The lowest BCUT2D eigenvalue weighted by atomic mass is 10.1. The molecule has 0 spiro atoms. The number of aromatic nitrogens is 3. The molecule has 114 valence electrons. The summed E-state index contributed by atoms with van der Waals surface area (Å²) < 4.78 is 1.80. The van der Waals surface area contributed by atoms with Gasteiger partial charge < -0.3 is 4.90 Å². The van der Waals surface area contributed by atoms with E-state index in [-0.39, 0.29) is 5.91 Å². The topological polar surface area (TPSA) is 51.0 Å². The van der Waals surface area contributed by atoms with Crippen molar-refractivity contribution in [3.8, 4) is 0 Å². The second-order valence-electron chi connectivity index (χ2n) is 5.71. The molecule has 2 heterocycles. The molecule has 23 heavy (non-hydrogen) atoms. The van der Waals surface area contributed by atoms with Gasteiger partial charge in [-0.05, 0) is 17.2 Å². The van der Waals surface area contributed by atoms with Crippen LogP contribution in [0.15, 0.2) is 60.8 Å². The van der Waals surface area contributed by atoms with Gasteiger partial charge in [-0.2, -0.15) is 0 Å². The monoisotopic (exact) mass is 304 g/mol. The Hall–Kier alpha value is -2.95. The lowest BCUT2D eigenvalue weighted by Gasteiger charge is -2.13. The summed E-state index contributed by atoms with van der Waals surface area (Å²) in [6.45, 7) is 1.81. The number of nitrogens with zero attached hydrogens (tertiary/aromatic N) is 4. The molecule has 0 unspecified atom stereocenters. The molecule has 5 heteroatoms. The zero-order chi connectivity index (χ0) is 15.6. The van der Waals surface area contributed by atoms with Gasteiger partial charge in [-0.25, -0.2) is 4.68 Å². The summed E-state index contributed by atoms with van der Waals surface area (Å²) in [4.78, 5) is 14.2. The van der Waals surface area contributed by atoms with Crippen LogP contribution in [0.1, 0.15) is 27.2 Å². The summed E-state index contributed by atoms with van der Waals surface area (Å²) in [5, 5.41) is 8.35. The minimum absolute atomic E-state index is 0.0678. The molecule has 3 aromatic rings. The van der Waals surface area contributed by atoms with Crippen LogP contribution in [0.2, 0.25) is 0 Å². The lowest BCUT2D eigenvalue weighted by molar-refractivity contribution is 0.0764. The van der Waals surface area contributed by atoms with E-state index in [0.717, 1.165) is 16.8 Å². The maximum atomic E-state index is 12.4. The number of hydrogen-bond acceptors (Lipinski definition) is 3. The quantitative estimate of drug-likeness (QED) is 0.744. The summed E-state index contributed by atoms with van der Waals surface area (Å²) in [7, 11) is 0. The maximum absolute atomic E-state index is 12.4. The van der Waals surface area contributed by atoms with Gasteiger partial charge in [-0.15, -0.1) is 5.10 Å². The van der Waals surface area contributed by atoms with E-state index in [4.69, 9.17) is 0 Å². The predicted molar refractivity (Wildman–Crippen MR) is 85.6 cm³/mol. The van der Waals surface area contributed by atoms with Gasteiger partial charge in [0, 0.05) is 12.1 Å². The third-order valence-corrected chi connectivity index (χ3v) is 4.02. The van der Waals surface area contributed by atoms with Crippen molar-refractivity contribution in [3.05, 3.63) is 83.2 Å². The van der Waals surface area contributed by atoms with Crippen molar-refractivity contribution in [1.29, 1.82) is 0 Å². The highest BCUT2D eigenvalue weighted by Crippen LogP contribution is 2.23. The van der Waals surface area contributed by atoms with Crippen LogP contribution in [0.4, 0.5) is 0 Å². The molecule has 0 fully saturated rings. The number of benzene rings is 2. The predicted octanol–water partition coefficient (Wildman–Crippen LogP) is 2.48. The first-order valence-corrected chi connectivity index (χ1v) is 7.60. The number of carbonyl (C=O) groups is 1. The van der Waals surface area contributed by atoms with Gasteiger partial charge in [0.1, 0.15) is 5.69 Å². The average Bonchev–Trinajstić information content (AvgIpc) is 3.14. The van der Waals surface area contributed by atoms with Gasteiger partial charge in [0.15, 0.2) is 0 Å². The van der Waals surface area contributed by atoms with Crippen molar-refractivity contribution in [2.45, 2.75) is 19.6 Å². The number of carbonyl (C=O) groups excluding carboxylic acids is 1. The first-order chi connectivity index (χ1) is 11.3. The summed E-state index contributed by atoms with van der Waals surface area (Å²) >= 11 is 0. The van der Waals surface area contributed by atoms with Gasteiger partial charge in [0.05, 0.1) is 19.3 Å². The van der Waals surface area contributed by atoms with E-state index < -0.39 is 0 Å². The Bertz CT molecular complexity index is 841. The molecule has 0 radical (unpaired) electrons. The molecule has 1 aromatic heterocycles. The van der Waals surface area contributed by atoms with Crippen LogP contribution in [-0.4, -0.2) is 25.8 Å². The van der Waals surface area contributed by atoms with Crippen molar-refractivity contribution in [1.82, 2.24) is 19.9 Å². The Balaban J connectivity index is 1.46. The fourth-order valence-corrected chi connectivity index (χ4v) is 2.90. The summed E-state index contributed by atoms with van der Waals surface area (Å²) in [6.07, 6.45) is 1.91. The van der Waals surface area contributed by atoms with Gasteiger partial charge >= 0.3 is 0 Å². The second-order valence-corrected chi connectivity index (χ2v) is 5.71. The van der Waals surface area contributed by atoms with Crippen LogP contribution in [0.25, 0.3) is 0 Å².